The van der Waals surface area contributed by atoms with Crippen molar-refractivity contribution in [1.82, 2.24) is 4.90 Å². The lowest BCUT2D eigenvalue weighted by atomic mass is 10.2. The summed E-state index contributed by atoms with van der Waals surface area (Å²) in [5, 5.41) is 9.14. The van der Waals surface area contributed by atoms with E-state index in [1.165, 1.54) is 11.8 Å². The second kappa shape index (κ2) is 11.4. The van der Waals surface area contributed by atoms with E-state index in [0.29, 0.717) is 22.4 Å². The van der Waals surface area contributed by atoms with Gasteiger partial charge in [-0.05, 0) is 58.8 Å². The molecular weight excluding hydrogens is 470 g/mol. The normalized spacial score (nSPS) is 15.9. The number of carbonyl (C=O) groups is 1. The van der Waals surface area contributed by atoms with E-state index in [-0.39, 0.29) is 12.5 Å². The zero-order valence-corrected chi connectivity index (χ0v) is 20.2. The number of thioether (sulfide) groups is 1. The van der Waals surface area contributed by atoms with Gasteiger partial charge in [0, 0.05) is 0 Å². The fourth-order valence-electron chi connectivity index (χ4n) is 3.55. The predicted octanol–water partition coefficient (Wildman–Crippen LogP) is 6.37. The van der Waals surface area contributed by atoms with Gasteiger partial charge < -0.3 is 9.15 Å². The molecule has 0 unspecified atom stereocenters. The maximum atomic E-state index is 13.2. The van der Waals surface area contributed by atoms with E-state index in [9.17, 15) is 4.79 Å². The van der Waals surface area contributed by atoms with Crippen LogP contribution >= 0.6 is 11.8 Å². The van der Waals surface area contributed by atoms with Crippen LogP contribution in [-0.2, 0) is 17.9 Å². The molecule has 6 nitrogen and oxygen atoms in total. The van der Waals surface area contributed by atoms with Gasteiger partial charge in [-0.2, -0.15) is 5.10 Å². The van der Waals surface area contributed by atoms with Crippen molar-refractivity contribution in [1.29, 1.82) is 0 Å². The van der Waals surface area contributed by atoms with Gasteiger partial charge in [-0.1, -0.05) is 72.8 Å². The van der Waals surface area contributed by atoms with Gasteiger partial charge in [0.25, 0.3) is 5.91 Å². The molecule has 1 saturated heterocycles. The molecule has 0 atom stereocenters. The molecule has 0 bridgehead atoms. The number of hydrogen-bond acceptors (Lipinski definition) is 6. The Balaban J connectivity index is 1.33. The molecule has 1 aliphatic heterocycles. The summed E-state index contributed by atoms with van der Waals surface area (Å²) in [6.45, 7) is 0.767. The Kier molecular flexibility index (Phi) is 7.39. The Bertz CT molecular complexity index is 1400. The number of furan rings is 1. The Morgan fingerprint density at radius 3 is 2.44 bits per heavy atom. The first-order valence-electron chi connectivity index (χ1n) is 11.4. The molecule has 1 amide bonds. The summed E-state index contributed by atoms with van der Waals surface area (Å²) in [5.41, 5.74) is 2.89. The molecular formula is C29H23N3O3S. The van der Waals surface area contributed by atoms with Gasteiger partial charge in [-0.3, -0.25) is 9.69 Å². The van der Waals surface area contributed by atoms with E-state index >= 15 is 0 Å². The standard InChI is InChI=1S/C29H23N3O3S/c33-28-27(18-22-9-3-1-4-10-22)36-29(32(28)20-26-15-8-16-34-26)31-30-19-24-13-7-14-25(17-24)35-21-23-11-5-2-6-12-23/h1-19H,20-21H2/b27-18-,30-19-,31-29+. The number of ether oxygens (including phenoxy) is 1. The highest BCUT2D eigenvalue weighted by Gasteiger charge is 2.34. The summed E-state index contributed by atoms with van der Waals surface area (Å²) in [6.07, 6.45) is 5.10. The van der Waals surface area contributed by atoms with E-state index in [2.05, 4.69) is 10.2 Å². The van der Waals surface area contributed by atoms with Crippen molar-refractivity contribution < 1.29 is 13.9 Å². The molecule has 5 rings (SSSR count). The van der Waals surface area contributed by atoms with Crippen LogP contribution in [0.3, 0.4) is 0 Å². The number of carbonyl (C=O) groups excluding carboxylic acids is 1. The van der Waals surface area contributed by atoms with Gasteiger partial charge in [-0.25, -0.2) is 0 Å². The van der Waals surface area contributed by atoms with Gasteiger partial charge >= 0.3 is 0 Å². The molecule has 0 saturated carbocycles. The molecule has 0 spiro atoms. The summed E-state index contributed by atoms with van der Waals surface area (Å²) in [4.78, 5) is 15.3. The zero-order valence-electron chi connectivity index (χ0n) is 19.4. The summed E-state index contributed by atoms with van der Waals surface area (Å²) in [7, 11) is 0. The molecule has 1 aromatic heterocycles. The summed E-state index contributed by atoms with van der Waals surface area (Å²) in [6, 6.07) is 31.0. The third-order valence-corrected chi connectivity index (χ3v) is 6.33. The van der Waals surface area contributed by atoms with Crippen LogP contribution in [-0.4, -0.2) is 22.2 Å². The lowest BCUT2D eigenvalue weighted by molar-refractivity contribution is -0.122. The van der Waals surface area contributed by atoms with E-state index in [1.807, 2.05) is 97.1 Å². The van der Waals surface area contributed by atoms with Gasteiger partial charge in [0.15, 0.2) is 5.17 Å². The van der Waals surface area contributed by atoms with E-state index in [0.717, 1.165) is 22.4 Å². The van der Waals surface area contributed by atoms with Crippen LogP contribution in [0.25, 0.3) is 6.08 Å². The van der Waals surface area contributed by atoms with Crippen LogP contribution in [0, 0.1) is 0 Å². The van der Waals surface area contributed by atoms with Gasteiger partial charge in [0.1, 0.15) is 18.1 Å². The van der Waals surface area contributed by atoms with E-state index in [1.54, 1.807) is 23.4 Å². The van der Waals surface area contributed by atoms with Crippen LogP contribution in [0.2, 0.25) is 0 Å². The number of amides is 1. The van der Waals surface area contributed by atoms with Crippen molar-refractivity contribution >= 4 is 35.1 Å². The number of rotatable bonds is 8. The molecule has 1 fully saturated rings. The predicted molar refractivity (Wildman–Crippen MR) is 144 cm³/mol. The second-order valence-corrected chi connectivity index (χ2v) is 8.98. The third kappa shape index (κ3) is 6.00. The SMILES string of the molecule is O=C1/C(=C/c2ccccc2)S/C(=N/N=C\c2cccc(OCc3ccccc3)c2)N1Cc1ccco1. The molecule has 36 heavy (non-hydrogen) atoms. The highest BCUT2D eigenvalue weighted by atomic mass is 32.2. The minimum atomic E-state index is -0.134. The third-order valence-electron chi connectivity index (χ3n) is 5.34. The zero-order chi connectivity index (χ0) is 24.6. The monoisotopic (exact) mass is 493 g/mol. The molecule has 0 aliphatic carbocycles. The molecule has 178 valence electrons. The second-order valence-electron chi connectivity index (χ2n) is 7.97. The van der Waals surface area contributed by atoms with Crippen LogP contribution in [0.5, 0.6) is 5.75 Å². The molecule has 4 aromatic rings. The van der Waals surface area contributed by atoms with Crippen molar-refractivity contribution in [2.75, 3.05) is 0 Å². The number of hydrogen-bond donors (Lipinski definition) is 0. The molecule has 2 heterocycles. The topological polar surface area (TPSA) is 67.4 Å². The van der Waals surface area contributed by atoms with Crippen LogP contribution in [0.1, 0.15) is 22.5 Å². The van der Waals surface area contributed by atoms with Crippen molar-refractivity contribution in [2.24, 2.45) is 10.2 Å². The number of benzene rings is 3. The maximum Gasteiger partial charge on any atom is 0.267 e. The molecule has 3 aromatic carbocycles. The first-order valence-corrected chi connectivity index (χ1v) is 12.2. The lowest BCUT2D eigenvalue weighted by Gasteiger charge is -2.12. The summed E-state index contributed by atoms with van der Waals surface area (Å²) < 4.78 is 11.4. The fraction of sp³-hybridized carbons (Fsp3) is 0.0690. The van der Waals surface area contributed by atoms with Crippen LogP contribution in [0.4, 0.5) is 0 Å². The van der Waals surface area contributed by atoms with Crippen LogP contribution in [0.15, 0.2) is 123 Å². The van der Waals surface area contributed by atoms with Crippen LogP contribution < -0.4 is 4.74 Å². The highest BCUT2D eigenvalue weighted by Crippen LogP contribution is 2.33. The van der Waals surface area contributed by atoms with Crippen molar-refractivity contribution in [3.8, 4) is 5.75 Å². The molecule has 0 N–H and O–H groups in total. The number of amidine groups is 1. The van der Waals surface area contributed by atoms with E-state index in [4.69, 9.17) is 9.15 Å². The van der Waals surface area contributed by atoms with Crippen molar-refractivity contribution in [3.05, 3.63) is 131 Å². The Hall–Kier alpha value is -4.36. The maximum absolute atomic E-state index is 13.2. The fourth-order valence-corrected chi connectivity index (χ4v) is 4.49. The quantitative estimate of drug-likeness (QED) is 0.163. The summed E-state index contributed by atoms with van der Waals surface area (Å²) in [5.74, 6) is 1.28. The largest absolute Gasteiger partial charge is 0.489 e. The number of nitrogens with zero attached hydrogens (tertiary/aromatic N) is 3. The Morgan fingerprint density at radius 2 is 1.67 bits per heavy atom. The van der Waals surface area contributed by atoms with Crippen molar-refractivity contribution in [3.63, 3.8) is 0 Å². The van der Waals surface area contributed by atoms with Gasteiger partial charge in [0.2, 0.25) is 0 Å². The first kappa shape index (κ1) is 23.4. The van der Waals surface area contributed by atoms with Crippen molar-refractivity contribution in [2.45, 2.75) is 13.2 Å². The Labute approximate surface area is 213 Å². The highest BCUT2D eigenvalue weighted by molar-refractivity contribution is 8.18. The first-order chi connectivity index (χ1) is 17.7. The summed E-state index contributed by atoms with van der Waals surface area (Å²) >= 11 is 1.29. The minimum Gasteiger partial charge on any atom is -0.489 e. The minimum absolute atomic E-state index is 0.134. The average Bonchev–Trinajstić information content (AvgIpc) is 3.53. The smallest absolute Gasteiger partial charge is 0.267 e. The molecule has 1 aliphatic rings. The molecule has 7 heteroatoms. The Morgan fingerprint density at radius 1 is 0.889 bits per heavy atom. The lowest BCUT2D eigenvalue weighted by Crippen LogP contribution is -2.28. The van der Waals surface area contributed by atoms with Gasteiger partial charge in [0.05, 0.1) is 23.9 Å². The van der Waals surface area contributed by atoms with Gasteiger partial charge in [-0.15, -0.1) is 5.10 Å². The average molecular weight is 494 g/mol. The molecule has 0 radical (unpaired) electrons. The van der Waals surface area contributed by atoms with E-state index < -0.39 is 0 Å².